The lowest BCUT2D eigenvalue weighted by Gasteiger charge is -2.22. The fourth-order valence-corrected chi connectivity index (χ4v) is 1.75. The minimum atomic E-state index is 0. The van der Waals surface area contributed by atoms with Gasteiger partial charge in [0, 0.05) is 13.2 Å². The Hall–Kier alpha value is 0.210. The van der Waals surface area contributed by atoms with Crippen LogP contribution in [0.4, 0.5) is 0 Å². The summed E-state index contributed by atoms with van der Waals surface area (Å²) in [7, 11) is 0. The second-order valence-corrected chi connectivity index (χ2v) is 3.98. The highest BCUT2D eigenvalue weighted by atomic mass is 35.5. The van der Waals surface area contributed by atoms with Gasteiger partial charge in [-0.2, -0.15) is 0 Å². The van der Waals surface area contributed by atoms with Gasteiger partial charge in [-0.25, -0.2) is 0 Å². The van der Waals surface area contributed by atoms with E-state index in [0.717, 1.165) is 19.1 Å². The van der Waals surface area contributed by atoms with Gasteiger partial charge in [-0.05, 0) is 38.3 Å². The predicted octanol–water partition coefficient (Wildman–Crippen LogP) is 2.61. The number of hydrogen-bond donors (Lipinski definition) is 1. The Bertz CT molecular complexity index is 116. The maximum atomic E-state index is 5.65. The highest BCUT2D eigenvalue weighted by Crippen LogP contribution is 2.11. The molecule has 0 aromatic heterocycles. The highest BCUT2D eigenvalue weighted by Gasteiger charge is 2.12. The standard InChI is InChI=1S/C11H23NO.ClH/c1-2-3-4-9-13-10-11-5-7-12-8-6-11;/h11-12H,2-10H2,1H3;1H. The van der Waals surface area contributed by atoms with Crippen LogP contribution in [0, 0.1) is 5.92 Å². The lowest BCUT2D eigenvalue weighted by molar-refractivity contribution is 0.0852. The first kappa shape index (κ1) is 14.2. The summed E-state index contributed by atoms with van der Waals surface area (Å²) in [5.74, 6) is 0.822. The van der Waals surface area contributed by atoms with Gasteiger partial charge >= 0.3 is 0 Å². The molecule has 1 heterocycles. The van der Waals surface area contributed by atoms with E-state index < -0.39 is 0 Å². The van der Waals surface area contributed by atoms with Crippen LogP contribution in [0.1, 0.15) is 39.0 Å². The van der Waals surface area contributed by atoms with Crippen LogP contribution in [-0.4, -0.2) is 26.3 Å². The molecule has 1 aliphatic heterocycles. The molecule has 1 aliphatic rings. The van der Waals surface area contributed by atoms with E-state index in [0.29, 0.717) is 0 Å². The monoisotopic (exact) mass is 221 g/mol. The predicted molar refractivity (Wildman–Crippen MR) is 63.2 cm³/mol. The third kappa shape index (κ3) is 6.63. The summed E-state index contributed by atoms with van der Waals surface area (Å²) in [4.78, 5) is 0. The summed E-state index contributed by atoms with van der Waals surface area (Å²) in [5.41, 5.74) is 0. The molecule has 1 fully saturated rings. The molecule has 0 aromatic rings. The summed E-state index contributed by atoms with van der Waals surface area (Å²) < 4.78 is 5.65. The Labute approximate surface area is 94.2 Å². The molecule has 0 spiro atoms. The largest absolute Gasteiger partial charge is 0.381 e. The number of rotatable bonds is 6. The number of ether oxygens (including phenoxy) is 1. The van der Waals surface area contributed by atoms with Gasteiger partial charge in [0.1, 0.15) is 0 Å². The van der Waals surface area contributed by atoms with E-state index >= 15 is 0 Å². The second-order valence-electron chi connectivity index (χ2n) is 3.98. The van der Waals surface area contributed by atoms with Crippen LogP contribution in [0.25, 0.3) is 0 Å². The Kier molecular flexibility index (Phi) is 9.90. The van der Waals surface area contributed by atoms with Gasteiger partial charge in [0.15, 0.2) is 0 Å². The van der Waals surface area contributed by atoms with Crippen molar-refractivity contribution in [2.24, 2.45) is 5.92 Å². The lowest BCUT2D eigenvalue weighted by atomic mass is 9.99. The summed E-state index contributed by atoms with van der Waals surface area (Å²) in [6.07, 6.45) is 6.44. The van der Waals surface area contributed by atoms with Crippen molar-refractivity contribution in [3.63, 3.8) is 0 Å². The maximum absolute atomic E-state index is 5.65. The topological polar surface area (TPSA) is 21.3 Å². The zero-order chi connectivity index (χ0) is 9.36. The van der Waals surface area contributed by atoms with Crippen LogP contribution in [0.2, 0.25) is 0 Å². The molecule has 1 saturated heterocycles. The van der Waals surface area contributed by atoms with Crippen LogP contribution in [0.15, 0.2) is 0 Å². The molecule has 86 valence electrons. The first-order valence-electron chi connectivity index (χ1n) is 5.72. The van der Waals surface area contributed by atoms with E-state index in [1.54, 1.807) is 0 Å². The van der Waals surface area contributed by atoms with Crippen LogP contribution in [-0.2, 0) is 4.74 Å². The van der Waals surface area contributed by atoms with E-state index in [1.807, 2.05) is 0 Å². The van der Waals surface area contributed by atoms with Crippen LogP contribution < -0.4 is 5.32 Å². The average molecular weight is 222 g/mol. The first-order chi connectivity index (χ1) is 6.43. The van der Waals surface area contributed by atoms with Crippen molar-refractivity contribution in [3.05, 3.63) is 0 Å². The SMILES string of the molecule is CCCCCOCC1CCNCC1.Cl. The molecule has 0 saturated carbocycles. The average Bonchev–Trinajstić information content (AvgIpc) is 2.19. The lowest BCUT2D eigenvalue weighted by Crippen LogP contribution is -2.30. The van der Waals surface area contributed by atoms with Crippen molar-refractivity contribution in [1.82, 2.24) is 5.32 Å². The van der Waals surface area contributed by atoms with Crippen molar-refractivity contribution in [2.75, 3.05) is 26.3 Å². The normalized spacial score (nSPS) is 17.8. The fourth-order valence-electron chi connectivity index (χ4n) is 1.75. The molecule has 0 aliphatic carbocycles. The van der Waals surface area contributed by atoms with Crippen LogP contribution in [0.5, 0.6) is 0 Å². The Balaban J connectivity index is 0.00000169. The van der Waals surface area contributed by atoms with Gasteiger partial charge in [-0.1, -0.05) is 19.8 Å². The van der Waals surface area contributed by atoms with Crippen molar-refractivity contribution in [3.8, 4) is 0 Å². The summed E-state index contributed by atoms with van der Waals surface area (Å²) in [6.45, 7) is 6.56. The third-order valence-corrected chi connectivity index (χ3v) is 2.70. The van der Waals surface area contributed by atoms with Gasteiger partial charge in [0.05, 0.1) is 0 Å². The van der Waals surface area contributed by atoms with Gasteiger partial charge in [0.2, 0.25) is 0 Å². The van der Waals surface area contributed by atoms with Crippen molar-refractivity contribution in [2.45, 2.75) is 39.0 Å². The van der Waals surface area contributed by atoms with E-state index in [2.05, 4.69) is 12.2 Å². The second kappa shape index (κ2) is 9.75. The summed E-state index contributed by atoms with van der Waals surface area (Å²) in [5, 5.41) is 3.37. The number of hydrogen-bond acceptors (Lipinski definition) is 2. The van der Waals surface area contributed by atoms with Gasteiger partial charge < -0.3 is 10.1 Å². The Morgan fingerprint density at radius 2 is 1.93 bits per heavy atom. The van der Waals surface area contributed by atoms with E-state index in [4.69, 9.17) is 4.74 Å². The molecule has 0 aromatic carbocycles. The summed E-state index contributed by atoms with van der Waals surface area (Å²) in [6, 6.07) is 0. The minimum absolute atomic E-state index is 0. The molecule has 0 radical (unpaired) electrons. The minimum Gasteiger partial charge on any atom is -0.381 e. The van der Waals surface area contributed by atoms with Gasteiger partial charge in [0.25, 0.3) is 0 Å². The molecule has 0 atom stereocenters. The molecule has 0 bridgehead atoms. The van der Waals surface area contributed by atoms with Crippen LogP contribution in [0.3, 0.4) is 0 Å². The Morgan fingerprint density at radius 3 is 2.57 bits per heavy atom. The van der Waals surface area contributed by atoms with E-state index in [1.165, 1.54) is 45.2 Å². The zero-order valence-electron chi connectivity index (χ0n) is 9.26. The Morgan fingerprint density at radius 1 is 1.21 bits per heavy atom. The molecule has 0 unspecified atom stereocenters. The molecular formula is C11H24ClNO. The van der Waals surface area contributed by atoms with Crippen molar-refractivity contribution < 1.29 is 4.74 Å². The molecule has 3 heteroatoms. The fraction of sp³-hybridized carbons (Fsp3) is 1.00. The van der Waals surface area contributed by atoms with Gasteiger partial charge in [-0.15, -0.1) is 12.4 Å². The van der Waals surface area contributed by atoms with Gasteiger partial charge in [-0.3, -0.25) is 0 Å². The molecule has 1 N–H and O–H groups in total. The zero-order valence-corrected chi connectivity index (χ0v) is 10.1. The third-order valence-electron chi connectivity index (χ3n) is 2.70. The van der Waals surface area contributed by atoms with Crippen LogP contribution >= 0.6 is 12.4 Å². The molecular weight excluding hydrogens is 198 g/mol. The first-order valence-corrected chi connectivity index (χ1v) is 5.72. The summed E-state index contributed by atoms with van der Waals surface area (Å²) >= 11 is 0. The number of nitrogens with one attached hydrogen (secondary N) is 1. The molecule has 0 amide bonds. The quantitative estimate of drug-likeness (QED) is 0.697. The maximum Gasteiger partial charge on any atom is 0.0495 e. The number of halogens is 1. The van der Waals surface area contributed by atoms with Crippen molar-refractivity contribution in [1.29, 1.82) is 0 Å². The molecule has 1 rings (SSSR count). The molecule has 14 heavy (non-hydrogen) atoms. The van der Waals surface area contributed by atoms with E-state index in [-0.39, 0.29) is 12.4 Å². The number of unbranched alkanes of at least 4 members (excludes halogenated alkanes) is 2. The van der Waals surface area contributed by atoms with Crippen molar-refractivity contribution >= 4 is 12.4 Å². The smallest absolute Gasteiger partial charge is 0.0495 e. The van der Waals surface area contributed by atoms with E-state index in [9.17, 15) is 0 Å². The molecule has 2 nitrogen and oxygen atoms in total. The number of piperidine rings is 1. The highest BCUT2D eigenvalue weighted by molar-refractivity contribution is 5.85.